The number of rotatable bonds is 4. The number of nitrogens with one attached hydrogen (secondary N) is 1. The van der Waals surface area contributed by atoms with Gasteiger partial charge in [0, 0.05) is 28.3 Å². The lowest BCUT2D eigenvalue weighted by atomic mass is 10.1. The Bertz CT molecular complexity index is 629. The van der Waals surface area contributed by atoms with Gasteiger partial charge in [0.05, 0.1) is 4.92 Å². The SMILES string of the molecule is CC(Nc1ccc([N+](=O)[O-])cc1Br)c1ccc(O)cc1. The fourth-order valence-electron chi connectivity index (χ4n) is 1.81. The third kappa shape index (κ3) is 3.27. The maximum Gasteiger partial charge on any atom is 0.270 e. The van der Waals surface area contributed by atoms with Crippen LogP contribution in [0.15, 0.2) is 46.9 Å². The number of halogens is 1. The molecule has 1 unspecified atom stereocenters. The third-order valence-corrected chi connectivity index (χ3v) is 3.58. The molecule has 1 atom stereocenters. The van der Waals surface area contributed by atoms with Gasteiger partial charge in [-0.2, -0.15) is 0 Å². The number of benzene rings is 2. The molecule has 2 N–H and O–H groups in total. The van der Waals surface area contributed by atoms with Crippen LogP contribution in [0.25, 0.3) is 0 Å². The van der Waals surface area contributed by atoms with E-state index in [2.05, 4.69) is 21.2 Å². The van der Waals surface area contributed by atoms with E-state index in [1.165, 1.54) is 12.1 Å². The van der Waals surface area contributed by atoms with Crippen LogP contribution >= 0.6 is 15.9 Å². The first-order valence-corrected chi connectivity index (χ1v) is 6.76. The van der Waals surface area contributed by atoms with Crippen LogP contribution in [0.2, 0.25) is 0 Å². The summed E-state index contributed by atoms with van der Waals surface area (Å²) in [6.45, 7) is 1.97. The zero-order chi connectivity index (χ0) is 14.7. The van der Waals surface area contributed by atoms with E-state index < -0.39 is 4.92 Å². The fourth-order valence-corrected chi connectivity index (χ4v) is 2.30. The molecule has 0 radical (unpaired) electrons. The van der Waals surface area contributed by atoms with Crippen LogP contribution in [0.3, 0.4) is 0 Å². The Balaban J connectivity index is 2.17. The highest BCUT2D eigenvalue weighted by atomic mass is 79.9. The highest BCUT2D eigenvalue weighted by Gasteiger charge is 2.11. The lowest BCUT2D eigenvalue weighted by Crippen LogP contribution is -2.07. The van der Waals surface area contributed by atoms with Gasteiger partial charge in [0.2, 0.25) is 0 Å². The maximum absolute atomic E-state index is 10.7. The first kappa shape index (κ1) is 14.3. The van der Waals surface area contributed by atoms with Gasteiger partial charge in [-0.15, -0.1) is 0 Å². The molecule has 0 aliphatic carbocycles. The van der Waals surface area contributed by atoms with Gasteiger partial charge in [-0.3, -0.25) is 10.1 Å². The first-order valence-electron chi connectivity index (χ1n) is 5.97. The number of non-ortho nitro benzene ring substituents is 1. The monoisotopic (exact) mass is 336 g/mol. The van der Waals surface area contributed by atoms with Gasteiger partial charge in [0.15, 0.2) is 0 Å². The van der Waals surface area contributed by atoms with Crippen LogP contribution in [0.4, 0.5) is 11.4 Å². The van der Waals surface area contributed by atoms with Crippen molar-refractivity contribution in [3.63, 3.8) is 0 Å². The second kappa shape index (κ2) is 5.92. The van der Waals surface area contributed by atoms with Crippen LogP contribution in [-0.4, -0.2) is 10.0 Å². The second-order valence-corrected chi connectivity index (χ2v) is 5.23. The van der Waals surface area contributed by atoms with E-state index in [0.717, 1.165) is 11.3 Å². The van der Waals surface area contributed by atoms with Crippen molar-refractivity contribution >= 4 is 27.3 Å². The zero-order valence-electron chi connectivity index (χ0n) is 10.7. The predicted molar refractivity (Wildman–Crippen MR) is 80.9 cm³/mol. The van der Waals surface area contributed by atoms with Crippen LogP contribution < -0.4 is 5.32 Å². The van der Waals surface area contributed by atoms with Crippen LogP contribution in [0, 0.1) is 10.1 Å². The summed E-state index contributed by atoms with van der Waals surface area (Å²) < 4.78 is 0.636. The van der Waals surface area contributed by atoms with E-state index in [-0.39, 0.29) is 17.5 Å². The Morgan fingerprint density at radius 1 is 1.25 bits per heavy atom. The number of nitro groups is 1. The number of aromatic hydroxyl groups is 1. The molecule has 2 aromatic carbocycles. The molecule has 0 aliphatic heterocycles. The lowest BCUT2D eigenvalue weighted by molar-refractivity contribution is -0.384. The Kier molecular flexibility index (Phi) is 4.24. The minimum atomic E-state index is -0.433. The second-order valence-electron chi connectivity index (χ2n) is 4.38. The summed E-state index contributed by atoms with van der Waals surface area (Å²) in [7, 11) is 0. The van der Waals surface area contributed by atoms with Gasteiger partial charge in [0.25, 0.3) is 5.69 Å². The van der Waals surface area contributed by atoms with Crippen molar-refractivity contribution in [2.75, 3.05) is 5.32 Å². The minimum Gasteiger partial charge on any atom is -0.508 e. The highest BCUT2D eigenvalue weighted by Crippen LogP contribution is 2.30. The van der Waals surface area contributed by atoms with E-state index in [1.807, 2.05) is 19.1 Å². The number of phenols is 1. The molecular formula is C14H13BrN2O3. The summed E-state index contributed by atoms with van der Waals surface area (Å²) in [4.78, 5) is 10.2. The Labute approximate surface area is 124 Å². The van der Waals surface area contributed by atoms with Crippen molar-refractivity contribution in [2.24, 2.45) is 0 Å². The summed E-state index contributed by atoms with van der Waals surface area (Å²) in [6, 6.07) is 11.5. The molecule has 0 amide bonds. The molecule has 0 spiro atoms. The molecular weight excluding hydrogens is 324 g/mol. The Morgan fingerprint density at radius 2 is 1.90 bits per heavy atom. The van der Waals surface area contributed by atoms with Gasteiger partial charge < -0.3 is 10.4 Å². The van der Waals surface area contributed by atoms with E-state index >= 15 is 0 Å². The van der Waals surface area contributed by atoms with Crippen molar-refractivity contribution in [2.45, 2.75) is 13.0 Å². The number of phenolic OH excluding ortho intramolecular Hbond substituents is 1. The van der Waals surface area contributed by atoms with Crippen molar-refractivity contribution in [3.8, 4) is 5.75 Å². The van der Waals surface area contributed by atoms with Gasteiger partial charge in [-0.25, -0.2) is 0 Å². The summed E-state index contributed by atoms with van der Waals surface area (Å²) in [5.74, 6) is 0.220. The molecule has 104 valence electrons. The fraction of sp³-hybridized carbons (Fsp3) is 0.143. The van der Waals surface area contributed by atoms with Crippen molar-refractivity contribution in [3.05, 3.63) is 62.6 Å². The third-order valence-electron chi connectivity index (χ3n) is 2.93. The largest absolute Gasteiger partial charge is 0.508 e. The van der Waals surface area contributed by atoms with Crippen molar-refractivity contribution < 1.29 is 10.0 Å². The molecule has 5 nitrogen and oxygen atoms in total. The number of hydrogen-bond donors (Lipinski definition) is 2. The van der Waals surface area contributed by atoms with Gasteiger partial charge >= 0.3 is 0 Å². The van der Waals surface area contributed by atoms with E-state index in [1.54, 1.807) is 18.2 Å². The molecule has 6 heteroatoms. The lowest BCUT2D eigenvalue weighted by Gasteiger charge is -2.16. The average molecular weight is 337 g/mol. The summed E-state index contributed by atoms with van der Waals surface area (Å²) in [6.07, 6.45) is 0. The molecule has 0 bridgehead atoms. The number of nitro benzene ring substituents is 1. The van der Waals surface area contributed by atoms with Gasteiger partial charge in [-0.05, 0) is 46.6 Å². The molecule has 0 aromatic heterocycles. The van der Waals surface area contributed by atoms with Crippen LogP contribution in [-0.2, 0) is 0 Å². The summed E-state index contributed by atoms with van der Waals surface area (Å²) >= 11 is 3.32. The van der Waals surface area contributed by atoms with Crippen LogP contribution in [0.5, 0.6) is 5.75 Å². The normalized spacial score (nSPS) is 11.9. The molecule has 0 heterocycles. The molecule has 0 saturated carbocycles. The smallest absolute Gasteiger partial charge is 0.270 e. The molecule has 0 aliphatic rings. The predicted octanol–water partition coefficient (Wildman–Crippen LogP) is 4.24. The number of anilines is 1. The Morgan fingerprint density at radius 3 is 2.45 bits per heavy atom. The van der Waals surface area contributed by atoms with Crippen LogP contribution in [0.1, 0.15) is 18.5 Å². The molecule has 2 aromatic rings. The molecule has 2 rings (SSSR count). The summed E-state index contributed by atoms with van der Waals surface area (Å²) in [5, 5.41) is 23.2. The topological polar surface area (TPSA) is 75.4 Å². The average Bonchev–Trinajstić information content (AvgIpc) is 2.41. The molecule has 0 fully saturated rings. The van der Waals surface area contributed by atoms with E-state index in [9.17, 15) is 15.2 Å². The molecule has 0 saturated heterocycles. The zero-order valence-corrected chi connectivity index (χ0v) is 12.3. The Hall–Kier alpha value is -2.08. The first-order chi connectivity index (χ1) is 9.47. The minimum absolute atomic E-state index is 0.00774. The highest BCUT2D eigenvalue weighted by molar-refractivity contribution is 9.10. The summed E-state index contributed by atoms with van der Waals surface area (Å²) in [5.41, 5.74) is 1.82. The molecule has 20 heavy (non-hydrogen) atoms. The number of nitrogens with zero attached hydrogens (tertiary/aromatic N) is 1. The van der Waals surface area contributed by atoms with Gasteiger partial charge in [-0.1, -0.05) is 12.1 Å². The standard InChI is InChI=1S/C14H13BrN2O3/c1-9(10-2-5-12(18)6-3-10)16-14-7-4-11(17(19)20)8-13(14)15/h2-9,16,18H,1H3. The maximum atomic E-state index is 10.7. The van der Waals surface area contributed by atoms with Gasteiger partial charge in [0.1, 0.15) is 5.75 Å². The number of hydrogen-bond acceptors (Lipinski definition) is 4. The van der Waals surface area contributed by atoms with Crippen molar-refractivity contribution in [1.82, 2.24) is 0 Å². The quantitative estimate of drug-likeness (QED) is 0.646. The van der Waals surface area contributed by atoms with E-state index in [0.29, 0.717) is 4.47 Å². The van der Waals surface area contributed by atoms with Crippen molar-refractivity contribution in [1.29, 1.82) is 0 Å². The van der Waals surface area contributed by atoms with E-state index in [4.69, 9.17) is 0 Å².